The number of carbonyl (C=O) groups is 1. The van der Waals surface area contributed by atoms with Gasteiger partial charge in [-0.25, -0.2) is 8.42 Å². The second kappa shape index (κ2) is 8.37. The molecule has 1 aromatic carbocycles. The van der Waals surface area contributed by atoms with E-state index in [0.29, 0.717) is 32.5 Å². The minimum atomic E-state index is -2.98. The first-order valence-electron chi connectivity index (χ1n) is 8.41. The molecule has 0 spiro atoms. The molecular weight excluding hydrogens is 328 g/mol. The Kier molecular flexibility index (Phi) is 6.48. The molecule has 1 atom stereocenters. The number of hydrogen-bond donors (Lipinski definition) is 1. The molecule has 134 valence electrons. The molecule has 24 heavy (non-hydrogen) atoms. The first kappa shape index (κ1) is 18.6. The molecule has 2 rings (SSSR count). The van der Waals surface area contributed by atoms with Gasteiger partial charge in [0.2, 0.25) is 5.91 Å². The summed E-state index contributed by atoms with van der Waals surface area (Å²) in [7, 11) is -2.98. The molecule has 1 amide bonds. The fourth-order valence-corrected chi connectivity index (χ4v) is 4.68. The Labute approximate surface area is 144 Å². The van der Waals surface area contributed by atoms with E-state index in [1.807, 2.05) is 38.1 Å². The number of rotatable bonds is 8. The third-order valence-electron chi connectivity index (χ3n) is 4.14. The molecule has 0 saturated carbocycles. The Bertz CT molecular complexity index is 643. The molecule has 1 aromatic rings. The third kappa shape index (κ3) is 5.12. The number of carbonyl (C=O) groups excluding carboxylic acids is 1. The summed E-state index contributed by atoms with van der Waals surface area (Å²) in [6, 6.07) is 7.43. The van der Waals surface area contributed by atoms with Crippen LogP contribution in [0.25, 0.3) is 0 Å². The van der Waals surface area contributed by atoms with E-state index in [9.17, 15) is 13.2 Å². The van der Waals surface area contributed by atoms with Crippen LogP contribution in [-0.4, -0.2) is 56.5 Å². The zero-order chi connectivity index (χ0) is 17.6. The van der Waals surface area contributed by atoms with Crippen LogP contribution in [0.1, 0.15) is 26.7 Å². The lowest BCUT2D eigenvalue weighted by Gasteiger charge is -2.27. The van der Waals surface area contributed by atoms with Gasteiger partial charge in [-0.2, -0.15) is 0 Å². The molecule has 1 heterocycles. The summed E-state index contributed by atoms with van der Waals surface area (Å²) >= 11 is 0. The first-order valence-corrected chi connectivity index (χ1v) is 10.2. The van der Waals surface area contributed by atoms with Crippen LogP contribution in [0.5, 0.6) is 5.75 Å². The number of ether oxygens (including phenoxy) is 1. The van der Waals surface area contributed by atoms with Gasteiger partial charge in [0.1, 0.15) is 5.75 Å². The normalized spacial score (nSPS) is 19.0. The summed E-state index contributed by atoms with van der Waals surface area (Å²) in [4.78, 5) is 14.1. The van der Waals surface area contributed by atoms with Crippen LogP contribution in [0.2, 0.25) is 0 Å². The van der Waals surface area contributed by atoms with Crippen molar-refractivity contribution in [2.75, 3.05) is 36.5 Å². The number of benzene rings is 1. The van der Waals surface area contributed by atoms with Crippen molar-refractivity contribution in [3.05, 3.63) is 24.3 Å². The van der Waals surface area contributed by atoms with Gasteiger partial charge in [-0.05, 0) is 44.5 Å². The molecule has 1 unspecified atom stereocenters. The Morgan fingerprint density at radius 3 is 2.54 bits per heavy atom. The summed E-state index contributed by atoms with van der Waals surface area (Å²) in [5, 5.41) is 3.21. The van der Waals surface area contributed by atoms with Crippen molar-refractivity contribution in [3.8, 4) is 5.75 Å². The van der Waals surface area contributed by atoms with Crippen LogP contribution >= 0.6 is 0 Å². The smallest absolute Gasteiger partial charge is 0.224 e. The van der Waals surface area contributed by atoms with E-state index in [0.717, 1.165) is 11.4 Å². The molecule has 1 fully saturated rings. The molecular formula is C17H26N2O4S. The third-order valence-corrected chi connectivity index (χ3v) is 5.89. The van der Waals surface area contributed by atoms with Gasteiger partial charge in [-0.15, -0.1) is 0 Å². The highest BCUT2D eigenvalue weighted by molar-refractivity contribution is 7.91. The minimum absolute atomic E-state index is 0.00182. The van der Waals surface area contributed by atoms with Crippen molar-refractivity contribution in [2.45, 2.75) is 32.7 Å². The van der Waals surface area contributed by atoms with Crippen LogP contribution in [0.15, 0.2) is 24.3 Å². The first-order chi connectivity index (χ1) is 11.4. The SMILES string of the molecule is CCOc1ccc(NCCC(=O)N(CC)C2CCS(=O)(=O)C2)cc1. The molecule has 1 saturated heterocycles. The second-order valence-corrected chi connectivity index (χ2v) is 8.10. The predicted molar refractivity (Wildman–Crippen MR) is 95.2 cm³/mol. The van der Waals surface area contributed by atoms with Crippen molar-refractivity contribution in [3.63, 3.8) is 0 Å². The molecule has 1 N–H and O–H groups in total. The second-order valence-electron chi connectivity index (χ2n) is 5.87. The average Bonchev–Trinajstić information content (AvgIpc) is 2.90. The van der Waals surface area contributed by atoms with Gasteiger partial charge in [-0.3, -0.25) is 4.79 Å². The Morgan fingerprint density at radius 2 is 2.00 bits per heavy atom. The molecule has 1 aliphatic heterocycles. The lowest BCUT2D eigenvalue weighted by molar-refractivity contribution is -0.132. The van der Waals surface area contributed by atoms with Gasteiger partial charge in [0.15, 0.2) is 9.84 Å². The number of hydrogen-bond acceptors (Lipinski definition) is 5. The van der Waals surface area contributed by atoms with Crippen LogP contribution in [0.4, 0.5) is 5.69 Å². The van der Waals surface area contributed by atoms with E-state index < -0.39 is 9.84 Å². The zero-order valence-electron chi connectivity index (χ0n) is 14.3. The monoisotopic (exact) mass is 354 g/mol. The van der Waals surface area contributed by atoms with E-state index in [1.54, 1.807) is 4.90 Å². The lowest BCUT2D eigenvalue weighted by Crippen LogP contribution is -2.41. The van der Waals surface area contributed by atoms with E-state index in [4.69, 9.17) is 4.74 Å². The van der Waals surface area contributed by atoms with Crippen LogP contribution < -0.4 is 10.1 Å². The highest BCUT2D eigenvalue weighted by Crippen LogP contribution is 2.19. The molecule has 0 bridgehead atoms. The molecule has 7 heteroatoms. The Morgan fingerprint density at radius 1 is 1.29 bits per heavy atom. The fraction of sp³-hybridized carbons (Fsp3) is 0.588. The van der Waals surface area contributed by atoms with Gasteiger partial charge in [0.25, 0.3) is 0 Å². The van der Waals surface area contributed by atoms with E-state index in [-0.39, 0.29) is 23.5 Å². The van der Waals surface area contributed by atoms with Gasteiger partial charge in [-0.1, -0.05) is 0 Å². The maximum atomic E-state index is 12.4. The maximum Gasteiger partial charge on any atom is 0.224 e. The molecule has 0 aromatic heterocycles. The van der Waals surface area contributed by atoms with Crippen LogP contribution in [0, 0.1) is 0 Å². The summed E-state index contributed by atoms with van der Waals surface area (Å²) < 4.78 is 28.6. The lowest BCUT2D eigenvalue weighted by atomic mass is 10.2. The predicted octanol–water partition coefficient (Wildman–Crippen LogP) is 1.92. The quantitative estimate of drug-likeness (QED) is 0.772. The van der Waals surface area contributed by atoms with Gasteiger partial charge in [0, 0.05) is 31.2 Å². The standard InChI is InChI=1S/C17H26N2O4S/c1-3-19(15-10-12-24(21,22)13-15)17(20)9-11-18-14-5-7-16(8-6-14)23-4-2/h5-8,15,18H,3-4,9-13H2,1-2H3. The number of amides is 1. The number of nitrogens with one attached hydrogen (secondary N) is 1. The van der Waals surface area contributed by atoms with Crippen molar-refractivity contribution in [2.24, 2.45) is 0 Å². The maximum absolute atomic E-state index is 12.4. The van der Waals surface area contributed by atoms with Crippen molar-refractivity contribution >= 4 is 21.4 Å². The molecule has 0 radical (unpaired) electrons. The number of nitrogens with zero attached hydrogens (tertiary/aromatic N) is 1. The van der Waals surface area contributed by atoms with Crippen LogP contribution in [-0.2, 0) is 14.6 Å². The summed E-state index contributed by atoms with van der Waals surface area (Å²) in [6.07, 6.45) is 0.895. The Hall–Kier alpha value is -1.76. The van der Waals surface area contributed by atoms with Gasteiger partial charge >= 0.3 is 0 Å². The van der Waals surface area contributed by atoms with E-state index in [2.05, 4.69) is 5.32 Å². The highest BCUT2D eigenvalue weighted by Gasteiger charge is 2.33. The van der Waals surface area contributed by atoms with E-state index in [1.165, 1.54) is 0 Å². The topological polar surface area (TPSA) is 75.7 Å². The minimum Gasteiger partial charge on any atom is -0.494 e. The van der Waals surface area contributed by atoms with Gasteiger partial charge < -0.3 is 15.0 Å². The number of anilines is 1. The van der Waals surface area contributed by atoms with Crippen molar-refractivity contribution in [1.82, 2.24) is 4.90 Å². The fourth-order valence-electron chi connectivity index (χ4n) is 2.95. The summed E-state index contributed by atoms with van der Waals surface area (Å²) in [6.45, 7) is 5.52. The van der Waals surface area contributed by atoms with Crippen LogP contribution in [0.3, 0.4) is 0 Å². The highest BCUT2D eigenvalue weighted by atomic mass is 32.2. The average molecular weight is 354 g/mol. The molecule has 1 aliphatic rings. The van der Waals surface area contributed by atoms with Crippen molar-refractivity contribution in [1.29, 1.82) is 0 Å². The Balaban J connectivity index is 1.81. The number of sulfone groups is 1. The largest absolute Gasteiger partial charge is 0.494 e. The molecule has 0 aliphatic carbocycles. The van der Waals surface area contributed by atoms with E-state index >= 15 is 0 Å². The summed E-state index contributed by atoms with van der Waals surface area (Å²) in [5.41, 5.74) is 0.928. The van der Waals surface area contributed by atoms with Crippen molar-refractivity contribution < 1.29 is 17.9 Å². The zero-order valence-corrected chi connectivity index (χ0v) is 15.1. The summed E-state index contributed by atoms with van der Waals surface area (Å²) in [5.74, 6) is 1.10. The van der Waals surface area contributed by atoms with Gasteiger partial charge in [0.05, 0.1) is 18.1 Å². The molecule has 6 nitrogen and oxygen atoms in total.